The van der Waals surface area contributed by atoms with Crippen LogP contribution in [0.3, 0.4) is 0 Å². The Labute approximate surface area is 126 Å². The van der Waals surface area contributed by atoms with Crippen molar-refractivity contribution in [1.29, 1.82) is 0 Å². The molecule has 2 N–H and O–H groups in total. The van der Waals surface area contributed by atoms with E-state index in [4.69, 9.17) is 0 Å². The maximum Gasteiger partial charge on any atom is 0.408 e. The largest absolute Gasteiger partial charge is 0.465 e. The van der Waals surface area contributed by atoms with E-state index >= 15 is 0 Å². The molecule has 112 valence electrons. The third-order valence-corrected chi connectivity index (χ3v) is 3.88. The Hall–Kier alpha value is -2.15. The van der Waals surface area contributed by atoms with Crippen LogP contribution < -0.4 is 5.32 Å². The first-order valence-electron chi connectivity index (χ1n) is 6.41. The molecular formula is C14H17N3O3S. The minimum Gasteiger partial charge on any atom is -0.465 e. The molecule has 7 heteroatoms. The van der Waals surface area contributed by atoms with Crippen molar-refractivity contribution in [1.82, 2.24) is 9.88 Å². The van der Waals surface area contributed by atoms with Gasteiger partial charge < -0.3 is 10.4 Å². The van der Waals surface area contributed by atoms with Crippen LogP contribution in [0.2, 0.25) is 0 Å². The molecule has 0 aliphatic rings. The second-order valence-corrected chi connectivity index (χ2v) is 6.50. The van der Waals surface area contributed by atoms with Crippen LogP contribution in [-0.2, 0) is 4.79 Å². The summed E-state index contributed by atoms with van der Waals surface area (Å²) in [4.78, 5) is 28.6. The first kappa shape index (κ1) is 15.2. The molecule has 2 heterocycles. The number of fused-ring (bicyclic) bond motifs is 1. The average molecular weight is 307 g/mol. The van der Waals surface area contributed by atoms with Gasteiger partial charge in [-0.2, -0.15) is 0 Å². The van der Waals surface area contributed by atoms with Gasteiger partial charge in [-0.1, -0.05) is 0 Å². The number of aromatic nitrogens is 1. The predicted molar refractivity (Wildman–Crippen MR) is 82.7 cm³/mol. The summed E-state index contributed by atoms with van der Waals surface area (Å²) >= 11 is 1.48. The summed E-state index contributed by atoms with van der Waals surface area (Å²) in [6.07, 6.45) is 0.537. The predicted octanol–water partition coefficient (Wildman–Crippen LogP) is 3.01. The first-order valence-corrected chi connectivity index (χ1v) is 7.29. The third kappa shape index (κ3) is 3.49. The molecule has 2 aromatic rings. The van der Waals surface area contributed by atoms with Crippen molar-refractivity contribution in [2.75, 3.05) is 11.9 Å². The van der Waals surface area contributed by atoms with Gasteiger partial charge in [-0.05, 0) is 32.9 Å². The number of carbonyl (C=O) groups excluding carboxylic acids is 1. The fraction of sp³-hybridized carbons (Fsp3) is 0.357. The maximum atomic E-state index is 12.1. The zero-order valence-corrected chi connectivity index (χ0v) is 12.9. The topological polar surface area (TPSA) is 82.5 Å². The molecule has 0 unspecified atom stereocenters. The number of hydrogen-bond donors (Lipinski definition) is 2. The molecular weight excluding hydrogens is 290 g/mol. The lowest BCUT2D eigenvalue weighted by Crippen LogP contribution is -2.48. The molecule has 0 radical (unpaired) electrons. The number of anilines is 1. The fourth-order valence-electron chi connectivity index (χ4n) is 1.88. The van der Waals surface area contributed by atoms with Gasteiger partial charge in [-0.15, -0.1) is 11.3 Å². The van der Waals surface area contributed by atoms with E-state index in [-0.39, 0.29) is 12.5 Å². The molecule has 0 saturated carbocycles. The van der Waals surface area contributed by atoms with E-state index < -0.39 is 11.6 Å². The molecule has 2 rings (SSSR count). The number of rotatable bonds is 3. The van der Waals surface area contributed by atoms with E-state index in [0.29, 0.717) is 11.2 Å². The van der Waals surface area contributed by atoms with Crippen LogP contribution in [-0.4, -0.2) is 39.1 Å². The van der Waals surface area contributed by atoms with Gasteiger partial charge >= 0.3 is 6.09 Å². The second kappa shape index (κ2) is 5.69. The van der Waals surface area contributed by atoms with Crippen molar-refractivity contribution in [3.8, 4) is 0 Å². The van der Waals surface area contributed by atoms with Crippen LogP contribution in [0.1, 0.15) is 20.8 Å². The second-order valence-electron chi connectivity index (χ2n) is 5.59. The highest BCUT2D eigenvalue weighted by Gasteiger charge is 2.28. The van der Waals surface area contributed by atoms with E-state index in [1.54, 1.807) is 32.3 Å². The highest BCUT2D eigenvalue weighted by atomic mass is 32.1. The fourth-order valence-corrected chi connectivity index (χ4v) is 2.73. The minimum absolute atomic E-state index is 0.219. The normalized spacial score (nSPS) is 11.4. The van der Waals surface area contributed by atoms with Gasteiger partial charge in [0.1, 0.15) is 12.1 Å². The average Bonchev–Trinajstić information content (AvgIpc) is 2.78. The number of hydrogen-bond acceptors (Lipinski definition) is 4. The number of thiophene rings is 1. The summed E-state index contributed by atoms with van der Waals surface area (Å²) in [5.41, 5.74) is 0.686. The van der Waals surface area contributed by atoms with Crippen LogP contribution in [0.4, 0.5) is 10.5 Å². The van der Waals surface area contributed by atoms with E-state index in [2.05, 4.69) is 10.3 Å². The molecule has 0 aromatic carbocycles. The van der Waals surface area contributed by atoms with Gasteiger partial charge in [0.25, 0.3) is 0 Å². The van der Waals surface area contributed by atoms with E-state index in [0.717, 1.165) is 9.60 Å². The lowest BCUT2D eigenvalue weighted by Gasteiger charge is -2.32. The van der Waals surface area contributed by atoms with Crippen LogP contribution in [0.15, 0.2) is 23.7 Å². The molecule has 0 fully saturated rings. The molecule has 6 nitrogen and oxygen atoms in total. The van der Waals surface area contributed by atoms with Crippen molar-refractivity contribution in [3.05, 3.63) is 23.7 Å². The molecule has 0 saturated heterocycles. The summed E-state index contributed by atoms with van der Waals surface area (Å²) in [7, 11) is 0. The number of nitrogens with zero attached hydrogens (tertiary/aromatic N) is 2. The lowest BCUT2D eigenvalue weighted by atomic mass is 10.1. The lowest BCUT2D eigenvalue weighted by molar-refractivity contribution is -0.118. The Balaban J connectivity index is 2.13. The van der Waals surface area contributed by atoms with Crippen LogP contribution in [0.5, 0.6) is 0 Å². The van der Waals surface area contributed by atoms with Crippen LogP contribution in [0.25, 0.3) is 10.2 Å². The standard InChI is InChI=1S/C14H17N3O3S/c1-14(2,3)17(13(19)20)7-11(18)16-9-8-21-10-5-4-6-15-12(9)10/h4-6,8H,7H2,1-3H3,(H,16,18)(H,19,20). The monoisotopic (exact) mass is 307 g/mol. The Morgan fingerprint density at radius 2 is 2.14 bits per heavy atom. The number of carbonyl (C=O) groups is 2. The zero-order chi connectivity index (χ0) is 15.6. The van der Waals surface area contributed by atoms with Crippen molar-refractivity contribution >= 4 is 39.2 Å². The molecule has 0 aliphatic heterocycles. The van der Waals surface area contributed by atoms with Gasteiger partial charge in [0.05, 0.1) is 10.4 Å². The minimum atomic E-state index is -1.12. The summed E-state index contributed by atoms with van der Waals surface area (Å²) in [6, 6.07) is 3.75. The molecule has 0 bridgehead atoms. The van der Waals surface area contributed by atoms with Gasteiger partial charge in [0.15, 0.2) is 0 Å². The van der Waals surface area contributed by atoms with Crippen molar-refractivity contribution < 1.29 is 14.7 Å². The smallest absolute Gasteiger partial charge is 0.408 e. The van der Waals surface area contributed by atoms with Gasteiger partial charge in [-0.25, -0.2) is 4.79 Å². The Kier molecular flexibility index (Phi) is 4.13. The maximum absolute atomic E-state index is 12.1. The van der Waals surface area contributed by atoms with Crippen molar-refractivity contribution in [3.63, 3.8) is 0 Å². The molecule has 2 aromatic heterocycles. The number of pyridine rings is 1. The molecule has 21 heavy (non-hydrogen) atoms. The Morgan fingerprint density at radius 1 is 1.43 bits per heavy atom. The Bertz CT molecular complexity index is 675. The zero-order valence-electron chi connectivity index (χ0n) is 12.1. The van der Waals surface area contributed by atoms with Gasteiger partial charge in [0.2, 0.25) is 5.91 Å². The van der Waals surface area contributed by atoms with Crippen LogP contribution >= 0.6 is 11.3 Å². The third-order valence-electron chi connectivity index (χ3n) is 2.95. The van der Waals surface area contributed by atoms with E-state index in [9.17, 15) is 14.7 Å². The van der Waals surface area contributed by atoms with Crippen LogP contribution in [0, 0.1) is 0 Å². The number of carboxylic acid groups (broad SMARTS) is 1. The molecule has 2 amide bonds. The van der Waals surface area contributed by atoms with E-state index in [1.807, 2.05) is 12.1 Å². The first-order chi connectivity index (χ1) is 9.79. The summed E-state index contributed by atoms with van der Waals surface area (Å²) in [5, 5.41) is 13.7. The highest BCUT2D eigenvalue weighted by Crippen LogP contribution is 2.28. The molecule has 0 aliphatic carbocycles. The molecule has 0 spiro atoms. The Morgan fingerprint density at radius 3 is 2.76 bits per heavy atom. The highest BCUT2D eigenvalue weighted by molar-refractivity contribution is 7.17. The quantitative estimate of drug-likeness (QED) is 0.913. The van der Waals surface area contributed by atoms with Gasteiger partial charge in [-0.3, -0.25) is 14.7 Å². The molecule has 0 atom stereocenters. The SMILES string of the molecule is CC(C)(C)N(CC(=O)Nc1csc2cccnc12)C(=O)O. The summed E-state index contributed by atoms with van der Waals surface area (Å²) in [5.74, 6) is -0.377. The van der Waals surface area contributed by atoms with Crippen molar-refractivity contribution in [2.45, 2.75) is 26.3 Å². The summed E-state index contributed by atoms with van der Waals surface area (Å²) in [6.45, 7) is 5.02. The number of nitrogens with one attached hydrogen (secondary N) is 1. The van der Waals surface area contributed by atoms with Gasteiger partial charge in [0, 0.05) is 17.1 Å². The van der Waals surface area contributed by atoms with E-state index in [1.165, 1.54) is 11.3 Å². The van der Waals surface area contributed by atoms with Crippen molar-refractivity contribution in [2.24, 2.45) is 0 Å². The summed E-state index contributed by atoms with van der Waals surface area (Å²) < 4.78 is 0.971. The number of amides is 2.